The van der Waals surface area contributed by atoms with E-state index >= 15 is 0 Å². The van der Waals surface area contributed by atoms with E-state index in [1.54, 1.807) is 0 Å². The van der Waals surface area contributed by atoms with Gasteiger partial charge in [-0.2, -0.15) is 0 Å². The highest BCUT2D eigenvalue weighted by molar-refractivity contribution is 5.83. The monoisotopic (exact) mass is 367 g/mol. The molecular formula is C25H37NO. The van der Waals surface area contributed by atoms with E-state index in [9.17, 15) is 4.79 Å². The van der Waals surface area contributed by atoms with Crippen LogP contribution in [0.1, 0.15) is 103 Å². The highest BCUT2D eigenvalue weighted by atomic mass is 16.2. The van der Waals surface area contributed by atoms with Crippen LogP contribution in [0.25, 0.3) is 0 Å². The lowest BCUT2D eigenvalue weighted by atomic mass is 9.40. The predicted molar refractivity (Wildman–Crippen MR) is 112 cm³/mol. The molecule has 1 aromatic rings. The lowest BCUT2D eigenvalue weighted by Crippen LogP contribution is -2.60. The molecule has 2 heteroatoms. The van der Waals surface area contributed by atoms with Gasteiger partial charge in [0.25, 0.3) is 0 Å². The molecular weight excluding hydrogens is 330 g/mol. The second-order valence-electron chi connectivity index (χ2n) is 11.2. The van der Waals surface area contributed by atoms with Crippen LogP contribution in [-0.4, -0.2) is 5.91 Å². The fourth-order valence-corrected chi connectivity index (χ4v) is 7.55. The van der Waals surface area contributed by atoms with E-state index in [1.165, 1.54) is 30.4 Å². The smallest absolute Gasteiger partial charge is 0.226 e. The fraction of sp³-hybridized carbons (Fsp3) is 0.720. The Morgan fingerprint density at radius 3 is 2.04 bits per heavy atom. The van der Waals surface area contributed by atoms with Gasteiger partial charge in [0, 0.05) is 0 Å². The quantitative estimate of drug-likeness (QED) is 0.643. The molecule has 4 saturated carbocycles. The van der Waals surface area contributed by atoms with Gasteiger partial charge in [-0.05, 0) is 78.7 Å². The third-order valence-corrected chi connectivity index (χ3v) is 7.83. The first-order valence-electron chi connectivity index (χ1n) is 11.1. The maximum atomic E-state index is 13.6. The van der Waals surface area contributed by atoms with Crippen molar-refractivity contribution in [2.24, 2.45) is 22.2 Å². The maximum absolute atomic E-state index is 13.6. The van der Waals surface area contributed by atoms with Crippen LogP contribution in [0.15, 0.2) is 24.3 Å². The van der Waals surface area contributed by atoms with Crippen molar-refractivity contribution in [3.05, 3.63) is 35.4 Å². The van der Waals surface area contributed by atoms with E-state index in [2.05, 4.69) is 64.2 Å². The minimum atomic E-state index is -0.117. The van der Waals surface area contributed by atoms with Crippen molar-refractivity contribution in [2.75, 3.05) is 0 Å². The molecule has 1 amide bonds. The highest BCUT2D eigenvalue weighted by Gasteiger charge is 2.62. The Morgan fingerprint density at radius 2 is 1.56 bits per heavy atom. The molecule has 4 aliphatic rings. The number of benzene rings is 1. The molecule has 0 radical (unpaired) electrons. The van der Waals surface area contributed by atoms with E-state index in [1.807, 2.05) is 0 Å². The topological polar surface area (TPSA) is 29.1 Å². The van der Waals surface area contributed by atoms with Crippen LogP contribution in [0, 0.1) is 22.2 Å². The van der Waals surface area contributed by atoms with E-state index < -0.39 is 0 Å². The third kappa shape index (κ3) is 3.34. The molecule has 2 nitrogen and oxygen atoms in total. The van der Waals surface area contributed by atoms with Gasteiger partial charge in [0.1, 0.15) is 0 Å². The number of hydrogen-bond acceptors (Lipinski definition) is 1. The highest BCUT2D eigenvalue weighted by Crippen LogP contribution is 2.69. The summed E-state index contributed by atoms with van der Waals surface area (Å²) < 4.78 is 0. The van der Waals surface area contributed by atoms with Gasteiger partial charge in [-0.25, -0.2) is 0 Å². The zero-order valence-electron chi connectivity index (χ0n) is 17.9. The molecule has 0 unspecified atom stereocenters. The van der Waals surface area contributed by atoms with Crippen LogP contribution in [-0.2, 0) is 4.79 Å². The van der Waals surface area contributed by atoms with Crippen LogP contribution >= 0.6 is 0 Å². The average molecular weight is 368 g/mol. The maximum Gasteiger partial charge on any atom is 0.226 e. The fourth-order valence-electron chi connectivity index (χ4n) is 7.55. The lowest BCUT2D eigenvalue weighted by Gasteiger charge is -2.64. The molecule has 27 heavy (non-hydrogen) atoms. The van der Waals surface area contributed by atoms with Gasteiger partial charge in [0.05, 0.1) is 11.5 Å². The molecule has 0 heterocycles. The van der Waals surface area contributed by atoms with Gasteiger partial charge in [-0.1, -0.05) is 58.9 Å². The normalized spacial score (nSPS) is 38.2. The number of carbonyl (C=O) groups excluding carboxylic acids is 1. The molecule has 1 N–H and O–H groups in total. The standard InChI is InChI=1S/C25H37NO/c1-6-21(20-9-7-19(8-10-20)17(2)3)26-22(27)25-13-18-11-23(4,15-25)14-24(5,12-18)16-25/h7-10,17-18,21H,6,11-16H2,1-5H3,(H,26,27)/t18?,21-,23+,24+,25?/m0/s1. The first kappa shape index (κ1) is 19.0. The zero-order chi connectivity index (χ0) is 19.4. The van der Waals surface area contributed by atoms with Crippen LogP contribution in [0.5, 0.6) is 0 Å². The first-order chi connectivity index (χ1) is 12.7. The zero-order valence-corrected chi connectivity index (χ0v) is 17.9. The van der Waals surface area contributed by atoms with Gasteiger partial charge >= 0.3 is 0 Å². The van der Waals surface area contributed by atoms with Crippen LogP contribution in [0.3, 0.4) is 0 Å². The summed E-state index contributed by atoms with van der Waals surface area (Å²) in [6.45, 7) is 11.5. The van der Waals surface area contributed by atoms with Crippen molar-refractivity contribution < 1.29 is 4.79 Å². The number of carbonyl (C=O) groups is 1. The number of hydrogen-bond donors (Lipinski definition) is 1. The summed E-state index contributed by atoms with van der Waals surface area (Å²) in [7, 11) is 0. The Balaban J connectivity index is 1.54. The summed E-state index contributed by atoms with van der Waals surface area (Å²) in [6, 6.07) is 9.01. The second kappa shape index (κ2) is 6.36. The minimum absolute atomic E-state index is 0.117. The van der Waals surface area contributed by atoms with Crippen molar-refractivity contribution in [3.63, 3.8) is 0 Å². The molecule has 3 atom stereocenters. The Morgan fingerprint density at radius 1 is 1.00 bits per heavy atom. The predicted octanol–water partition coefficient (Wildman–Crippen LogP) is 6.37. The molecule has 0 spiro atoms. The van der Waals surface area contributed by atoms with Gasteiger partial charge in [-0.3, -0.25) is 4.79 Å². The summed E-state index contributed by atoms with van der Waals surface area (Å²) in [5.41, 5.74) is 3.26. The molecule has 0 aromatic heterocycles. The molecule has 0 aliphatic heterocycles. The molecule has 0 saturated heterocycles. The summed E-state index contributed by atoms with van der Waals surface area (Å²) in [5.74, 6) is 1.64. The largest absolute Gasteiger partial charge is 0.349 e. The lowest BCUT2D eigenvalue weighted by molar-refractivity contribution is -0.170. The summed E-state index contributed by atoms with van der Waals surface area (Å²) in [5, 5.41) is 3.48. The van der Waals surface area contributed by atoms with Gasteiger partial charge < -0.3 is 5.32 Å². The number of nitrogens with one attached hydrogen (secondary N) is 1. The minimum Gasteiger partial charge on any atom is -0.349 e. The Labute approximate surface area is 165 Å². The van der Waals surface area contributed by atoms with Crippen LogP contribution in [0.4, 0.5) is 0 Å². The van der Waals surface area contributed by atoms with Crippen molar-refractivity contribution in [3.8, 4) is 0 Å². The molecule has 4 fully saturated rings. The summed E-state index contributed by atoms with van der Waals surface area (Å²) in [4.78, 5) is 13.6. The van der Waals surface area contributed by atoms with E-state index in [4.69, 9.17) is 0 Å². The second-order valence-corrected chi connectivity index (χ2v) is 11.2. The molecule has 4 bridgehead atoms. The Kier molecular flexibility index (Phi) is 4.48. The summed E-state index contributed by atoms with van der Waals surface area (Å²) >= 11 is 0. The SMILES string of the molecule is CC[C@H](NC(=O)C12CC3C[C@@](C)(C1)C[C@@](C)(C3)C2)c1ccc(C(C)C)cc1. The van der Waals surface area contributed by atoms with Crippen molar-refractivity contribution >= 4 is 5.91 Å². The molecule has 148 valence electrons. The van der Waals surface area contributed by atoms with Crippen molar-refractivity contribution in [1.29, 1.82) is 0 Å². The molecule has 1 aromatic carbocycles. The number of rotatable bonds is 5. The van der Waals surface area contributed by atoms with Crippen molar-refractivity contribution in [2.45, 2.75) is 91.5 Å². The van der Waals surface area contributed by atoms with Crippen LogP contribution < -0.4 is 5.32 Å². The van der Waals surface area contributed by atoms with Crippen molar-refractivity contribution in [1.82, 2.24) is 5.32 Å². The molecule has 5 rings (SSSR count). The third-order valence-electron chi connectivity index (χ3n) is 7.83. The summed E-state index contributed by atoms with van der Waals surface area (Å²) in [6.07, 6.45) is 8.26. The first-order valence-corrected chi connectivity index (χ1v) is 11.1. The van der Waals surface area contributed by atoms with E-state index in [0.29, 0.717) is 22.7 Å². The van der Waals surface area contributed by atoms with Gasteiger partial charge in [0.15, 0.2) is 0 Å². The van der Waals surface area contributed by atoms with Crippen LogP contribution in [0.2, 0.25) is 0 Å². The Hall–Kier alpha value is -1.31. The number of amides is 1. The van der Waals surface area contributed by atoms with Gasteiger partial charge in [0.2, 0.25) is 5.91 Å². The average Bonchev–Trinajstić information content (AvgIpc) is 2.56. The Bertz CT molecular complexity index is 700. The molecule has 4 aliphatic carbocycles. The van der Waals surface area contributed by atoms with E-state index in [-0.39, 0.29) is 11.5 Å². The van der Waals surface area contributed by atoms with E-state index in [0.717, 1.165) is 31.6 Å². The van der Waals surface area contributed by atoms with Gasteiger partial charge in [-0.15, -0.1) is 0 Å².